The molecule has 3 rings (SSSR count). The van der Waals surface area contributed by atoms with E-state index in [4.69, 9.17) is 4.52 Å². The Labute approximate surface area is 160 Å². The number of hydrogen-bond donors (Lipinski definition) is 1. The molecule has 1 aromatic carbocycles. The molecule has 138 valence electrons. The van der Waals surface area contributed by atoms with E-state index in [0.717, 1.165) is 23.9 Å². The Morgan fingerprint density at radius 2 is 2.12 bits per heavy atom. The molecule has 0 saturated carbocycles. The van der Waals surface area contributed by atoms with Crippen molar-refractivity contribution in [1.82, 2.24) is 20.4 Å². The predicted molar refractivity (Wildman–Crippen MR) is 98.7 cm³/mol. The summed E-state index contributed by atoms with van der Waals surface area (Å²) in [6, 6.07) is 7.10. The van der Waals surface area contributed by atoms with E-state index in [2.05, 4.69) is 31.4 Å². The van der Waals surface area contributed by atoms with Gasteiger partial charge in [-0.2, -0.15) is 4.98 Å². The highest BCUT2D eigenvalue weighted by molar-refractivity contribution is 9.10. The number of rotatable bonds is 5. The van der Waals surface area contributed by atoms with Gasteiger partial charge in [0.05, 0.1) is 5.92 Å². The third-order valence-electron chi connectivity index (χ3n) is 4.40. The summed E-state index contributed by atoms with van der Waals surface area (Å²) in [5.41, 5.74) is 0.574. The Morgan fingerprint density at radius 1 is 1.35 bits per heavy atom. The summed E-state index contributed by atoms with van der Waals surface area (Å²) in [5.74, 6) is 1.15. The number of piperidine rings is 1. The average molecular weight is 421 g/mol. The lowest BCUT2D eigenvalue weighted by atomic mass is 9.97. The quantitative estimate of drug-likeness (QED) is 0.802. The van der Waals surface area contributed by atoms with E-state index < -0.39 is 0 Å². The predicted octanol–water partition coefficient (Wildman–Crippen LogP) is 2.67. The van der Waals surface area contributed by atoms with Gasteiger partial charge < -0.3 is 14.7 Å². The van der Waals surface area contributed by atoms with Crippen LogP contribution in [0.1, 0.15) is 47.3 Å². The minimum atomic E-state index is -0.178. The molecule has 1 aliphatic heterocycles. The number of nitrogens with zero attached hydrogens (tertiary/aromatic N) is 3. The summed E-state index contributed by atoms with van der Waals surface area (Å²) < 4.78 is 6.16. The van der Waals surface area contributed by atoms with E-state index in [1.165, 1.54) is 0 Å². The second-order valence-electron chi connectivity index (χ2n) is 6.37. The van der Waals surface area contributed by atoms with Crippen LogP contribution in [0, 0.1) is 6.92 Å². The van der Waals surface area contributed by atoms with Crippen LogP contribution in [0.15, 0.2) is 33.3 Å². The van der Waals surface area contributed by atoms with Crippen LogP contribution < -0.4 is 5.32 Å². The van der Waals surface area contributed by atoms with E-state index in [9.17, 15) is 9.59 Å². The number of likely N-dealkylation sites (tertiary alicyclic amines) is 1. The highest BCUT2D eigenvalue weighted by atomic mass is 79.9. The molecular weight excluding hydrogens is 400 g/mol. The first-order valence-electron chi connectivity index (χ1n) is 8.64. The van der Waals surface area contributed by atoms with Gasteiger partial charge in [-0.05, 0) is 44.0 Å². The number of benzene rings is 1. The molecule has 1 unspecified atom stereocenters. The van der Waals surface area contributed by atoms with Crippen molar-refractivity contribution in [2.45, 2.75) is 32.1 Å². The van der Waals surface area contributed by atoms with Crippen LogP contribution in [0.3, 0.4) is 0 Å². The van der Waals surface area contributed by atoms with Crippen molar-refractivity contribution in [1.29, 1.82) is 0 Å². The molecule has 0 radical (unpaired) electrons. The van der Waals surface area contributed by atoms with Crippen molar-refractivity contribution in [3.63, 3.8) is 0 Å². The third-order valence-corrected chi connectivity index (χ3v) is 4.93. The van der Waals surface area contributed by atoms with Gasteiger partial charge in [0, 0.05) is 36.1 Å². The van der Waals surface area contributed by atoms with Crippen LogP contribution in [0.4, 0.5) is 0 Å². The van der Waals surface area contributed by atoms with Gasteiger partial charge in [0.15, 0.2) is 5.82 Å². The van der Waals surface area contributed by atoms with E-state index in [0.29, 0.717) is 30.4 Å². The summed E-state index contributed by atoms with van der Waals surface area (Å²) in [7, 11) is 0. The molecule has 1 fully saturated rings. The normalized spacial score (nSPS) is 17.2. The Balaban J connectivity index is 1.47. The molecule has 2 amide bonds. The first-order valence-corrected chi connectivity index (χ1v) is 9.44. The molecule has 1 atom stereocenters. The molecule has 1 saturated heterocycles. The Bertz CT molecular complexity index is 775. The van der Waals surface area contributed by atoms with Crippen LogP contribution in [0.5, 0.6) is 0 Å². The summed E-state index contributed by atoms with van der Waals surface area (Å²) in [6.07, 6.45) is 2.12. The van der Waals surface area contributed by atoms with Crippen LogP contribution in [-0.4, -0.2) is 46.5 Å². The Kier molecular flexibility index (Phi) is 6.03. The molecule has 0 bridgehead atoms. The first kappa shape index (κ1) is 18.6. The molecule has 26 heavy (non-hydrogen) atoms. The standard InChI is InChI=1S/C18H21BrN4O3/c1-12-21-18(26-22-12)14-3-2-10-23(11-14)16(24)8-9-20-17(25)13-4-6-15(19)7-5-13/h4-7,14H,2-3,8-11H2,1H3,(H,20,25). The number of amides is 2. The second kappa shape index (κ2) is 8.44. The lowest BCUT2D eigenvalue weighted by Gasteiger charge is -2.31. The smallest absolute Gasteiger partial charge is 0.251 e. The molecule has 8 heteroatoms. The summed E-state index contributed by atoms with van der Waals surface area (Å²) >= 11 is 3.34. The second-order valence-corrected chi connectivity index (χ2v) is 7.29. The fourth-order valence-corrected chi connectivity index (χ4v) is 3.29. The fraction of sp³-hybridized carbons (Fsp3) is 0.444. The van der Waals surface area contributed by atoms with Gasteiger partial charge in [0.1, 0.15) is 0 Å². The zero-order chi connectivity index (χ0) is 18.5. The topological polar surface area (TPSA) is 88.3 Å². The lowest BCUT2D eigenvalue weighted by Crippen LogP contribution is -2.40. The number of halogens is 1. The fourth-order valence-electron chi connectivity index (χ4n) is 3.03. The van der Waals surface area contributed by atoms with Gasteiger partial charge in [-0.15, -0.1) is 0 Å². The van der Waals surface area contributed by atoms with Crippen LogP contribution >= 0.6 is 15.9 Å². The third kappa shape index (κ3) is 4.69. The number of carbonyl (C=O) groups is 2. The van der Waals surface area contributed by atoms with Gasteiger partial charge in [-0.3, -0.25) is 9.59 Å². The SMILES string of the molecule is Cc1noc(C2CCCN(C(=O)CCNC(=O)c3ccc(Br)cc3)C2)n1. The van der Waals surface area contributed by atoms with Crippen LogP contribution in [0.2, 0.25) is 0 Å². The molecule has 1 aliphatic rings. The molecule has 1 aromatic heterocycles. The summed E-state index contributed by atoms with van der Waals surface area (Å²) in [5, 5.41) is 6.62. The Morgan fingerprint density at radius 3 is 2.81 bits per heavy atom. The van der Waals surface area contributed by atoms with Crippen molar-refractivity contribution >= 4 is 27.7 Å². The molecule has 0 spiro atoms. The molecule has 2 heterocycles. The number of aryl methyl sites for hydroxylation is 1. The van der Waals surface area contributed by atoms with Crippen LogP contribution in [-0.2, 0) is 4.79 Å². The van der Waals surface area contributed by atoms with Gasteiger partial charge in [-0.1, -0.05) is 21.1 Å². The number of hydrogen-bond acceptors (Lipinski definition) is 5. The van der Waals surface area contributed by atoms with E-state index in [1.807, 2.05) is 17.0 Å². The van der Waals surface area contributed by atoms with Crippen molar-refractivity contribution in [3.05, 3.63) is 46.0 Å². The Hall–Kier alpha value is -2.22. The van der Waals surface area contributed by atoms with Gasteiger partial charge >= 0.3 is 0 Å². The van der Waals surface area contributed by atoms with Gasteiger partial charge in [0.2, 0.25) is 11.8 Å². The van der Waals surface area contributed by atoms with Crippen LogP contribution in [0.25, 0.3) is 0 Å². The lowest BCUT2D eigenvalue weighted by molar-refractivity contribution is -0.132. The zero-order valence-electron chi connectivity index (χ0n) is 14.6. The van der Waals surface area contributed by atoms with E-state index >= 15 is 0 Å². The monoisotopic (exact) mass is 420 g/mol. The molecule has 2 aromatic rings. The number of carbonyl (C=O) groups excluding carboxylic acids is 2. The number of nitrogens with one attached hydrogen (secondary N) is 1. The van der Waals surface area contributed by atoms with E-state index in [-0.39, 0.29) is 24.2 Å². The maximum absolute atomic E-state index is 12.4. The number of aromatic nitrogens is 2. The van der Waals surface area contributed by atoms with Crippen molar-refractivity contribution < 1.29 is 14.1 Å². The maximum atomic E-state index is 12.4. The summed E-state index contributed by atoms with van der Waals surface area (Å²) in [4.78, 5) is 30.6. The largest absolute Gasteiger partial charge is 0.352 e. The molecular formula is C18H21BrN4O3. The highest BCUT2D eigenvalue weighted by Crippen LogP contribution is 2.25. The van der Waals surface area contributed by atoms with Gasteiger partial charge in [0.25, 0.3) is 5.91 Å². The maximum Gasteiger partial charge on any atom is 0.251 e. The van der Waals surface area contributed by atoms with E-state index in [1.54, 1.807) is 19.1 Å². The first-order chi connectivity index (χ1) is 12.5. The minimum Gasteiger partial charge on any atom is -0.352 e. The van der Waals surface area contributed by atoms with Crippen molar-refractivity contribution in [2.24, 2.45) is 0 Å². The average Bonchev–Trinajstić information content (AvgIpc) is 3.08. The molecule has 0 aliphatic carbocycles. The molecule has 1 N–H and O–H groups in total. The van der Waals surface area contributed by atoms with Crippen molar-refractivity contribution in [2.75, 3.05) is 19.6 Å². The van der Waals surface area contributed by atoms with Crippen molar-refractivity contribution in [3.8, 4) is 0 Å². The highest BCUT2D eigenvalue weighted by Gasteiger charge is 2.28. The zero-order valence-corrected chi connectivity index (χ0v) is 16.2. The molecule has 7 nitrogen and oxygen atoms in total. The van der Waals surface area contributed by atoms with Gasteiger partial charge in [-0.25, -0.2) is 0 Å². The summed E-state index contributed by atoms with van der Waals surface area (Å²) in [6.45, 7) is 3.41. The minimum absolute atomic E-state index is 0.0297.